The van der Waals surface area contributed by atoms with Crippen LogP contribution in [0.3, 0.4) is 0 Å². The number of likely N-dealkylation sites (tertiary alicyclic amines) is 1. The van der Waals surface area contributed by atoms with Crippen molar-refractivity contribution in [3.63, 3.8) is 0 Å². The Hall–Kier alpha value is -1.06. The van der Waals surface area contributed by atoms with Crippen molar-refractivity contribution in [2.75, 3.05) is 46.4 Å². The first-order valence-corrected chi connectivity index (χ1v) is 11.6. The van der Waals surface area contributed by atoms with Crippen molar-refractivity contribution in [2.45, 2.75) is 52.5 Å². The third-order valence-electron chi connectivity index (χ3n) is 5.74. The molecule has 0 saturated carbocycles. The number of guanidine groups is 1. The van der Waals surface area contributed by atoms with E-state index < -0.39 is 0 Å². The lowest BCUT2D eigenvalue weighted by Crippen LogP contribution is -2.43. The Morgan fingerprint density at radius 1 is 1.19 bits per heavy atom. The molecule has 0 bridgehead atoms. The Labute approximate surface area is 206 Å². The molecular weight excluding hydrogens is 503 g/mol. The maximum Gasteiger partial charge on any atom is 0.191 e. The van der Waals surface area contributed by atoms with E-state index in [0.717, 1.165) is 57.3 Å². The summed E-state index contributed by atoms with van der Waals surface area (Å²) in [6, 6.07) is 8.58. The number of hydrogen-bond acceptors (Lipinski definition) is 4. The standard InChI is InChI=1S/C24H42N4O2.HI/c1-5-25-24(26-17-20(12-15-29)16-19(2)3)27-18-22(28-13-8-9-14-28)21-10-6-7-11-23(21)30-4;/h6-7,10-11,19-20,22,29H,5,8-9,12-18H2,1-4H3,(H2,25,26,27);1H. The Morgan fingerprint density at radius 3 is 2.52 bits per heavy atom. The van der Waals surface area contributed by atoms with Crippen LogP contribution in [0.1, 0.15) is 58.1 Å². The van der Waals surface area contributed by atoms with E-state index in [1.807, 2.05) is 12.1 Å². The van der Waals surface area contributed by atoms with E-state index in [1.165, 1.54) is 18.4 Å². The van der Waals surface area contributed by atoms with Gasteiger partial charge in [0, 0.05) is 31.8 Å². The third-order valence-corrected chi connectivity index (χ3v) is 5.74. The maximum absolute atomic E-state index is 9.39. The van der Waals surface area contributed by atoms with E-state index in [1.54, 1.807) is 7.11 Å². The molecule has 6 nitrogen and oxygen atoms in total. The molecule has 1 aliphatic heterocycles. The Bertz CT molecular complexity index is 636. The molecule has 7 heteroatoms. The molecule has 1 saturated heterocycles. The fourth-order valence-electron chi connectivity index (χ4n) is 4.32. The number of methoxy groups -OCH3 is 1. The van der Waals surface area contributed by atoms with Crippen LogP contribution in [0.2, 0.25) is 0 Å². The van der Waals surface area contributed by atoms with E-state index in [2.05, 4.69) is 48.4 Å². The summed E-state index contributed by atoms with van der Waals surface area (Å²) < 4.78 is 5.66. The largest absolute Gasteiger partial charge is 0.496 e. The van der Waals surface area contributed by atoms with E-state index in [-0.39, 0.29) is 36.6 Å². The molecule has 2 atom stereocenters. The maximum atomic E-state index is 9.39. The van der Waals surface area contributed by atoms with Crippen molar-refractivity contribution in [1.29, 1.82) is 0 Å². The first-order valence-electron chi connectivity index (χ1n) is 11.6. The number of aliphatic imine (C=N–C) groups is 1. The van der Waals surface area contributed by atoms with Crippen molar-refractivity contribution in [3.8, 4) is 5.75 Å². The molecular formula is C24H43IN4O2. The second-order valence-corrected chi connectivity index (χ2v) is 8.61. The number of aliphatic hydroxyl groups is 1. The second kappa shape index (κ2) is 15.7. The zero-order valence-corrected chi connectivity index (χ0v) is 22.1. The number of ether oxygens (including phenoxy) is 1. The molecule has 1 aromatic rings. The monoisotopic (exact) mass is 546 g/mol. The first-order chi connectivity index (χ1) is 14.6. The van der Waals surface area contributed by atoms with Gasteiger partial charge in [-0.15, -0.1) is 24.0 Å². The van der Waals surface area contributed by atoms with E-state index >= 15 is 0 Å². The molecule has 0 spiro atoms. The van der Waals surface area contributed by atoms with Crippen molar-refractivity contribution < 1.29 is 9.84 Å². The van der Waals surface area contributed by atoms with Gasteiger partial charge in [0.1, 0.15) is 5.75 Å². The fraction of sp³-hybridized carbons (Fsp3) is 0.708. The van der Waals surface area contributed by atoms with Crippen LogP contribution < -0.4 is 15.4 Å². The van der Waals surface area contributed by atoms with Gasteiger partial charge < -0.3 is 20.5 Å². The summed E-state index contributed by atoms with van der Waals surface area (Å²) in [4.78, 5) is 7.40. The minimum Gasteiger partial charge on any atom is -0.496 e. The summed E-state index contributed by atoms with van der Waals surface area (Å²) in [6.07, 6.45) is 4.38. The normalized spacial score (nSPS) is 16.6. The lowest BCUT2D eigenvalue weighted by atomic mass is 9.94. The Kier molecular flexibility index (Phi) is 14.2. The highest BCUT2D eigenvalue weighted by molar-refractivity contribution is 14.0. The highest BCUT2D eigenvalue weighted by Gasteiger charge is 2.26. The van der Waals surface area contributed by atoms with E-state index in [4.69, 9.17) is 9.73 Å². The molecule has 31 heavy (non-hydrogen) atoms. The summed E-state index contributed by atoms with van der Waals surface area (Å²) in [5.41, 5.74) is 1.23. The predicted molar refractivity (Wildman–Crippen MR) is 141 cm³/mol. The number of para-hydroxylation sites is 1. The number of benzene rings is 1. The average Bonchev–Trinajstić information content (AvgIpc) is 3.26. The third kappa shape index (κ3) is 9.53. The van der Waals surface area contributed by atoms with Crippen LogP contribution in [-0.2, 0) is 0 Å². The van der Waals surface area contributed by atoms with Crippen LogP contribution in [0.25, 0.3) is 0 Å². The van der Waals surface area contributed by atoms with Gasteiger partial charge in [-0.25, -0.2) is 0 Å². The summed E-state index contributed by atoms with van der Waals surface area (Å²) >= 11 is 0. The number of nitrogens with zero attached hydrogens (tertiary/aromatic N) is 2. The topological polar surface area (TPSA) is 69.1 Å². The molecule has 0 aliphatic carbocycles. The smallest absolute Gasteiger partial charge is 0.191 e. The number of halogens is 1. The van der Waals surface area contributed by atoms with Gasteiger partial charge in [-0.3, -0.25) is 9.89 Å². The lowest BCUT2D eigenvalue weighted by Gasteiger charge is -2.30. The molecule has 1 aromatic carbocycles. The minimum absolute atomic E-state index is 0. The molecule has 1 aliphatic rings. The van der Waals surface area contributed by atoms with Crippen molar-refractivity contribution in [1.82, 2.24) is 15.5 Å². The molecule has 2 unspecified atom stereocenters. The number of rotatable bonds is 12. The van der Waals surface area contributed by atoms with E-state index in [0.29, 0.717) is 11.8 Å². The fourth-order valence-corrected chi connectivity index (χ4v) is 4.32. The highest BCUT2D eigenvalue weighted by atomic mass is 127. The number of nitrogens with one attached hydrogen (secondary N) is 2. The molecule has 1 fully saturated rings. The number of hydrogen-bond donors (Lipinski definition) is 3. The van der Waals surface area contributed by atoms with Gasteiger partial charge >= 0.3 is 0 Å². The lowest BCUT2D eigenvalue weighted by molar-refractivity contribution is 0.239. The van der Waals surface area contributed by atoms with Crippen molar-refractivity contribution in [3.05, 3.63) is 29.8 Å². The van der Waals surface area contributed by atoms with Crippen LogP contribution in [0, 0.1) is 11.8 Å². The Morgan fingerprint density at radius 2 is 1.90 bits per heavy atom. The molecule has 178 valence electrons. The quantitative estimate of drug-likeness (QED) is 0.210. The van der Waals surface area contributed by atoms with Crippen molar-refractivity contribution >= 4 is 29.9 Å². The predicted octanol–water partition coefficient (Wildman–Crippen LogP) is 4.05. The number of aliphatic hydroxyl groups excluding tert-OH is 1. The molecule has 0 aromatic heterocycles. The van der Waals surface area contributed by atoms with Crippen LogP contribution in [0.5, 0.6) is 5.75 Å². The van der Waals surface area contributed by atoms with Gasteiger partial charge in [-0.2, -0.15) is 0 Å². The van der Waals surface area contributed by atoms with E-state index in [9.17, 15) is 5.11 Å². The molecule has 3 N–H and O–H groups in total. The summed E-state index contributed by atoms with van der Waals surface area (Å²) in [6.45, 7) is 11.3. The van der Waals surface area contributed by atoms with Gasteiger partial charge in [0.05, 0.1) is 13.2 Å². The van der Waals surface area contributed by atoms with Gasteiger partial charge in [0.25, 0.3) is 0 Å². The van der Waals surface area contributed by atoms with Crippen LogP contribution >= 0.6 is 24.0 Å². The summed E-state index contributed by atoms with van der Waals surface area (Å²) in [5.74, 6) is 2.81. The van der Waals surface area contributed by atoms with Crippen LogP contribution in [0.15, 0.2) is 29.3 Å². The van der Waals surface area contributed by atoms with Gasteiger partial charge in [-0.05, 0) is 63.6 Å². The van der Waals surface area contributed by atoms with Gasteiger partial charge in [0.15, 0.2) is 5.96 Å². The molecule has 2 rings (SSSR count). The Balaban J connectivity index is 0.00000480. The highest BCUT2D eigenvalue weighted by Crippen LogP contribution is 2.31. The summed E-state index contributed by atoms with van der Waals surface area (Å²) in [7, 11) is 1.74. The zero-order valence-electron chi connectivity index (χ0n) is 19.8. The molecule has 0 radical (unpaired) electrons. The minimum atomic E-state index is 0. The molecule has 0 amide bonds. The zero-order chi connectivity index (χ0) is 21.8. The van der Waals surface area contributed by atoms with Gasteiger partial charge in [-0.1, -0.05) is 32.0 Å². The molecule has 1 heterocycles. The SMILES string of the molecule is CCNC(=NCC(CCO)CC(C)C)NCC(c1ccccc1OC)N1CCCC1.I. The van der Waals surface area contributed by atoms with Crippen LogP contribution in [0.4, 0.5) is 0 Å². The summed E-state index contributed by atoms with van der Waals surface area (Å²) in [5, 5.41) is 16.4. The first kappa shape index (κ1) is 28.0. The van der Waals surface area contributed by atoms with Crippen molar-refractivity contribution in [2.24, 2.45) is 16.8 Å². The second-order valence-electron chi connectivity index (χ2n) is 8.61. The van der Waals surface area contributed by atoms with Gasteiger partial charge in [0.2, 0.25) is 0 Å². The average molecular weight is 547 g/mol. The van der Waals surface area contributed by atoms with Crippen LogP contribution in [-0.4, -0.2) is 62.4 Å².